The molecule has 1 aromatic heterocycles. The molecule has 11 rings (SSSR count). The van der Waals surface area contributed by atoms with Crippen LogP contribution in [-0.4, -0.2) is 0 Å². The van der Waals surface area contributed by atoms with Crippen LogP contribution >= 0.6 is 11.3 Å². The number of nitrogens with zero attached hydrogens (tertiary/aromatic N) is 1. The largest absolute Gasteiger partial charge is 0.309 e. The SMILES string of the molecule is CC1(C)c2ccccc2-c2ccc(N(c3ccc4c(c3)C(C)(C)c3ccccc3-4)c3cccc4c3sc3c5ccccc5c(-c5ccccc5)cc43)cc21. The molecular formula is C52H39NS. The fourth-order valence-corrected chi connectivity index (χ4v) is 11.1. The van der Waals surface area contributed by atoms with E-state index in [2.05, 4.69) is 196 Å². The van der Waals surface area contributed by atoms with Crippen molar-refractivity contribution in [2.24, 2.45) is 0 Å². The second-order valence-corrected chi connectivity index (χ2v) is 17.1. The van der Waals surface area contributed by atoms with Gasteiger partial charge >= 0.3 is 0 Å². The highest BCUT2D eigenvalue weighted by molar-refractivity contribution is 7.27. The molecule has 0 aliphatic heterocycles. The Labute approximate surface area is 320 Å². The zero-order valence-electron chi connectivity index (χ0n) is 30.9. The van der Waals surface area contributed by atoms with Crippen LogP contribution in [0.3, 0.4) is 0 Å². The summed E-state index contributed by atoms with van der Waals surface area (Å²) >= 11 is 1.93. The quantitative estimate of drug-likeness (QED) is 0.176. The van der Waals surface area contributed by atoms with Gasteiger partial charge in [-0.05, 0) is 97.4 Å². The van der Waals surface area contributed by atoms with Gasteiger partial charge in [-0.1, -0.05) is 155 Å². The maximum absolute atomic E-state index is 2.54. The fourth-order valence-electron chi connectivity index (χ4n) is 9.73. The molecule has 0 radical (unpaired) electrons. The van der Waals surface area contributed by atoms with E-state index in [0.717, 1.165) is 0 Å². The molecule has 54 heavy (non-hydrogen) atoms. The lowest BCUT2D eigenvalue weighted by Gasteiger charge is -2.30. The number of hydrogen-bond donors (Lipinski definition) is 0. The maximum atomic E-state index is 2.54. The molecule has 0 N–H and O–H groups in total. The Balaban J connectivity index is 1.18. The first-order valence-electron chi connectivity index (χ1n) is 19.0. The summed E-state index contributed by atoms with van der Waals surface area (Å²) in [6.45, 7) is 9.51. The van der Waals surface area contributed by atoms with Crippen LogP contribution < -0.4 is 4.90 Å². The van der Waals surface area contributed by atoms with Crippen LogP contribution in [0.25, 0.3) is 64.3 Å². The minimum atomic E-state index is -0.106. The molecule has 0 bridgehead atoms. The van der Waals surface area contributed by atoms with Crippen molar-refractivity contribution in [1.29, 1.82) is 0 Å². The van der Waals surface area contributed by atoms with E-state index in [1.54, 1.807) is 0 Å². The molecule has 2 aliphatic rings. The van der Waals surface area contributed by atoms with Gasteiger partial charge < -0.3 is 4.90 Å². The van der Waals surface area contributed by atoms with Crippen molar-refractivity contribution in [3.05, 3.63) is 186 Å². The van der Waals surface area contributed by atoms with E-state index in [0.29, 0.717) is 0 Å². The minimum Gasteiger partial charge on any atom is -0.309 e. The lowest BCUT2D eigenvalue weighted by Crippen LogP contribution is -2.18. The second-order valence-electron chi connectivity index (χ2n) is 16.1. The summed E-state index contributed by atoms with van der Waals surface area (Å²) in [5.74, 6) is 0. The van der Waals surface area contributed by atoms with Crippen molar-refractivity contribution >= 4 is 59.3 Å². The first kappa shape index (κ1) is 31.6. The van der Waals surface area contributed by atoms with Crippen molar-refractivity contribution in [2.75, 3.05) is 4.90 Å². The Bertz CT molecular complexity index is 2890. The Morgan fingerprint density at radius 3 is 1.50 bits per heavy atom. The van der Waals surface area contributed by atoms with Crippen LogP contribution in [0.5, 0.6) is 0 Å². The van der Waals surface area contributed by atoms with Crippen molar-refractivity contribution in [1.82, 2.24) is 0 Å². The number of thiophene rings is 1. The molecule has 258 valence electrons. The summed E-state index contributed by atoms with van der Waals surface area (Å²) < 4.78 is 2.64. The van der Waals surface area contributed by atoms with Gasteiger partial charge in [-0.25, -0.2) is 0 Å². The molecule has 0 unspecified atom stereocenters. The first-order valence-corrected chi connectivity index (χ1v) is 19.8. The summed E-state index contributed by atoms with van der Waals surface area (Å²) in [6.07, 6.45) is 0. The van der Waals surface area contributed by atoms with E-state index >= 15 is 0 Å². The number of benzene rings is 8. The van der Waals surface area contributed by atoms with Crippen LogP contribution in [0.15, 0.2) is 164 Å². The van der Waals surface area contributed by atoms with Gasteiger partial charge in [0.1, 0.15) is 0 Å². The van der Waals surface area contributed by atoms with Gasteiger partial charge in [0.25, 0.3) is 0 Å². The molecule has 9 aromatic rings. The highest BCUT2D eigenvalue weighted by Gasteiger charge is 2.38. The molecular weight excluding hydrogens is 671 g/mol. The summed E-state index contributed by atoms with van der Waals surface area (Å²) in [5, 5.41) is 5.21. The van der Waals surface area contributed by atoms with Gasteiger partial charge in [0, 0.05) is 43.1 Å². The minimum absolute atomic E-state index is 0.106. The van der Waals surface area contributed by atoms with Crippen molar-refractivity contribution in [3.8, 4) is 33.4 Å². The topological polar surface area (TPSA) is 3.24 Å². The first-order chi connectivity index (χ1) is 26.3. The third-order valence-electron chi connectivity index (χ3n) is 12.5. The van der Waals surface area contributed by atoms with Crippen LogP contribution in [-0.2, 0) is 10.8 Å². The van der Waals surface area contributed by atoms with Crippen LogP contribution in [0, 0.1) is 0 Å². The molecule has 0 atom stereocenters. The zero-order chi connectivity index (χ0) is 36.3. The molecule has 8 aromatic carbocycles. The summed E-state index contributed by atoms with van der Waals surface area (Å²) in [6, 6.07) is 61.4. The molecule has 0 amide bonds. The average molecular weight is 710 g/mol. The number of rotatable bonds is 4. The van der Waals surface area contributed by atoms with Gasteiger partial charge in [0.2, 0.25) is 0 Å². The van der Waals surface area contributed by atoms with E-state index in [1.807, 2.05) is 11.3 Å². The van der Waals surface area contributed by atoms with E-state index in [4.69, 9.17) is 0 Å². The van der Waals surface area contributed by atoms with Crippen molar-refractivity contribution in [3.63, 3.8) is 0 Å². The van der Waals surface area contributed by atoms with Crippen molar-refractivity contribution in [2.45, 2.75) is 38.5 Å². The zero-order valence-corrected chi connectivity index (χ0v) is 31.8. The molecule has 1 nitrogen and oxygen atoms in total. The standard InChI is InChI=1S/C52H39NS/c1-51(2)44-22-12-10-18-36(44)38-27-25-33(29-46(38)51)53(34-26-28-39-37-19-11-13-23-45(37)52(3,4)47(39)30-34)48-24-14-21-41-43-31-42(32-15-6-5-7-16-32)35-17-8-9-20-40(35)49(43)54-50(41)48/h5-31H,1-4H3. The third-order valence-corrected chi connectivity index (χ3v) is 13.7. The summed E-state index contributed by atoms with van der Waals surface area (Å²) in [4.78, 5) is 2.54. The van der Waals surface area contributed by atoms with Crippen LogP contribution in [0.2, 0.25) is 0 Å². The Morgan fingerprint density at radius 2 is 0.870 bits per heavy atom. The Morgan fingerprint density at radius 1 is 0.370 bits per heavy atom. The number of anilines is 3. The smallest absolute Gasteiger partial charge is 0.0640 e. The predicted molar refractivity (Wildman–Crippen MR) is 232 cm³/mol. The Hall–Kier alpha value is -5.96. The average Bonchev–Trinajstić information content (AvgIpc) is 3.78. The summed E-state index contributed by atoms with van der Waals surface area (Å²) in [5.41, 5.74) is 16.8. The molecule has 0 fully saturated rings. The molecule has 1 heterocycles. The normalized spacial score (nSPS) is 14.6. The van der Waals surface area contributed by atoms with Gasteiger partial charge in [0.15, 0.2) is 0 Å². The monoisotopic (exact) mass is 709 g/mol. The third kappa shape index (κ3) is 4.32. The van der Waals surface area contributed by atoms with Crippen LogP contribution in [0.1, 0.15) is 49.9 Å². The lowest BCUT2D eigenvalue weighted by atomic mass is 9.82. The lowest BCUT2D eigenvalue weighted by molar-refractivity contribution is 0.660. The molecule has 0 spiro atoms. The van der Waals surface area contributed by atoms with Gasteiger partial charge in [0.05, 0.1) is 10.4 Å². The van der Waals surface area contributed by atoms with Crippen LogP contribution in [0.4, 0.5) is 17.1 Å². The second kappa shape index (κ2) is 11.3. The van der Waals surface area contributed by atoms with Gasteiger partial charge in [-0.15, -0.1) is 11.3 Å². The highest BCUT2D eigenvalue weighted by atomic mass is 32.1. The number of fused-ring (bicyclic) bond motifs is 11. The Kier molecular flexibility index (Phi) is 6.59. The highest BCUT2D eigenvalue weighted by Crippen LogP contribution is 2.54. The number of hydrogen-bond acceptors (Lipinski definition) is 2. The molecule has 2 aliphatic carbocycles. The summed E-state index contributed by atoms with van der Waals surface area (Å²) in [7, 11) is 0. The molecule has 0 saturated heterocycles. The van der Waals surface area contributed by atoms with Gasteiger partial charge in [-0.2, -0.15) is 0 Å². The fraction of sp³-hybridized carbons (Fsp3) is 0.115. The predicted octanol–water partition coefficient (Wildman–Crippen LogP) is 15.0. The van der Waals surface area contributed by atoms with Crippen molar-refractivity contribution < 1.29 is 0 Å². The van der Waals surface area contributed by atoms with E-state index in [9.17, 15) is 0 Å². The van der Waals surface area contributed by atoms with E-state index in [1.165, 1.54) is 104 Å². The van der Waals surface area contributed by atoms with E-state index in [-0.39, 0.29) is 10.8 Å². The van der Waals surface area contributed by atoms with E-state index < -0.39 is 0 Å². The van der Waals surface area contributed by atoms with Gasteiger partial charge in [-0.3, -0.25) is 0 Å². The molecule has 2 heteroatoms. The maximum Gasteiger partial charge on any atom is 0.0640 e. The molecule has 0 saturated carbocycles.